The topological polar surface area (TPSA) is 163 Å². The molecule has 6 unspecified atom stereocenters. The van der Waals surface area contributed by atoms with Gasteiger partial charge in [-0.15, -0.1) is 0 Å². The van der Waals surface area contributed by atoms with E-state index in [0.29, 0.717) is 13.0 Å². The summed E-state index contributed by atoms with van der Waals surface area (Å²) in [6.07, 6.45) is 2.60. The molecule has 0 bridgehead atoms. The van der Waals surface area contributed by atoms with Crippen molar-refractivity contribution in [3.8, 4) is 0 Å². The van der Waals surface area contributed by atoms with Gasteiger partial charge >= 0.3 is 6.09 Å². The normalized spacial score (nSPS) is 25.2. The minimum absolute atomic E-state index is 0.0714. The zero-order valence-electron chi connectivity index (χ0n) is 29.4. The van der Waals surface area contributed by atoms with Gasteiger partial charge < -0.3 is 30.9 Å². The monoisotopic (exact) mass is 667 g/mol. The summed E-state index contributed by atoms with van der Waals surface area (Å²) in [6.45, 7) is 13.7. The molecular weight excluding hydrogens is 614 g/mol. The summed E-state index contributed by atoms with van der Waals surface area (Å²) in [6, 6.07) is 6.31. The highest BCUT2D eigenvalue weighted by Gasteiger charge is 2.70. The molecule has 0 spiro atoms. The van der Waals surface area contributed by atoms with Crippen molar-refractivity contribution >= 4 is 35.5 Å². The molecule has 3 aliphatic rings. The van der Waals surface area contributed by atoms with Crippen LogP contribution in [0.1, 0.15) is 86.1 Å². The van der Waals surface area contributed by atoms with E-state index in [1.165, 1.54) is 4.90 Å². The van der Waals surface area contributed by atoms with E-state index in [1.807, 2.05) is 65.0 Å². The fraction of sp³-hybridized carbons (Fsp3) is 0.667. The Morgan fingerprint density at radius 3 is 2.29 bits per heavy atom. The van der Waals surface area contributed by atoms with Crippen molar-refractivity contribution in [3.05, 3.63) is 35.9 Å². The molecule has 1 saturated heterocycles. The number of carbonyl (C=O) groups excluding carboxylic acids is 6. The van der Waals surface area contributed by atoms with Gasteiger partial charge in [0.2, 0.25) is 23.5 Å². The number of benzene rings is 1. The summed E-state index contributed by atoms with van der Waals surface area (Å²) in [5.74, 6) is -3.02. The summed E-state index contributed by atoms with van der Waals surface area (Å²) < 4.78 is 5.70. The Labute approximate surface area is 283 Å². The van der Waals surface area contributed by atoms with Gasteiger partial charge in [0, 0.05) is 13.1 Å². The fourth-order valence-corrected chi connectivity index (χ4v) is 7.28. The van der Waals surface area contributed by atoms with Gasteiger partial charge in [-0.3, -0.25) is 24.0 Å². The quantitative estimate of drug-likeness (QED) is 0.235. The van der Waals surface area contributed by atoms with Crippen molar-refractivity contribution in [1.29, 1.82) is 0 Å². The first kappa shape index (κ1) is 36.9. The van der Waals surface area contributed by atoms with E-state index in [1.54, 1.807) is 0 Å². The van der Waals surface area contributed by atoms with Crippen molar-refractivity contribution < 1.29 is 33.5 Å². The van der Waals surface area contributed by atoms with E-state index in [0.717, 1.165) is 24.8 Å². The number of piperidine rings is 1. The number of rotatable bonds is 13. The van der Waals surface area contributed by atoms with Crippen LogP contribution >= 0.6 is 0 Å². The number of alkyl carbamates (subject to hydrolysis) is 1. The Hall–Kier alpha value is -3.96. The van der Waals surface area contributed by atoms with Crippen molar-refractivity contribution in [3.63, 3.8) is 0 Å². The number of carbonyl (C=O) groups is 6. The van der Waals surface area contributed by atoms with Gasteiger partial charge in [0.15, 0.2) is 0 Å². The highest BCUT2D eigenvalue weighted by molar-refractivity contribution is 6.38. The number of hydrogen-bond acceptors (Lipinski definition) is 7. The summed E-state index contributed by atoms with van der Waals surface area (Å²) in [4.78, 5) is 81.0. The first-order chi connectivity index (χ1) is 22.6. The molecule has 48 heavy (non-hydrogen) atoms. The molecular formula is C36H53N5O7. The molecule has 12 nitrogen and oxygen atoms in total. The second-order valence-corrected chi connectivity index (χ2v) is 15.3. The molecule has 3 fully saturated rings. The van der Waals surface area contributed by atoms with Crippen LogP contribution in [0.25, 0.3) is 0 Å². The van der Waals surface area contributed by atoms with Crippen LogP contribution < -0.4 is 21.3 Å². The van der Waals surface area contributed by atoms with Crippen LogP contribution in [0.15, 0.2) is 30.3 Å². The third-order valence-corrected chi connectivity index (χ3v) is 10.4. The van der Waals surface area contributed by atoms with Crippen LogP contribution in [0, 0.1) is 28.6 Å². The molecule has 4 N–H and O–H groups in total. The maximum Gasteiger partial charge on any atom is 0.408 e. The zero-order valence-corrected chi connectivity index (χ0v) is 29.4. The average Bonchev–Trinajstić information content (AvgIpc) is 3.36. The largest absolute Gasteiger partial charge is 0.446 e. The highest BCUT2D eigenvalue weighted by atomic mass is 16.6. The molecule has 1 aliphatic heterocycles. The molecule has 5 amide bonds. The standard InChI is InChI=1S/C36H53N5O7/c1-8-13-24(29(43)32(45)38-19-26(42)37-18-22-15-10-9-11-16-22)39-31(44)28-27-23(36(27,6)7)20-41(28)33(46)30(35(3,4)5)40-34(47)48-25-17-12-14-21(25)2/h9-11,15-16,21,23-25,27-28,30H,8,12-14,17-20H2,1-7H3,(H,37,42)(H,38,45)(H,39,44)(H,40,47)/t21?,23?,24?,25?,27?,28?,30-/m1/s1. The molecule has 4 rings (SSSR count). The lowest BCUT2D eigenvalue weighted by Crippen LogP contribution is -2.60. The average molecular weight is 668 g/mol. The first-order valence-corrected chi connectivity index (χ1v) is 17.3. The van der Waals surface area contributed by atoms with Gasteiger partial charge in [0.25, 0.3) is 5.91 Å². The van der Waals surface area contributed by atoms with Crippen LogP contribution in [0.2, 0.25) is 0 Å². The van der Waals surface area contributed by atoms with Crippen LogP contribution in [0.5, 0.6) is 0 Å². The Morgan fingerprint density at radius 1 is 1.00 bits per heavy atom. The fourth-order valence-electron chi connectivity index (χ4n) is 7.28. The number of hydrogen-bond donors (Lipinski definition) is 4. The Morgan fingerprint density at radius 2 is 1.69 bits per heavy atom. The predicted octanol–water partition coefficient (Wildman–Crippen LogP) is 3.09. The van der Waals surface area contributed by atoms with Crippen molar-refractivity contribution in [2.24, 2.45) is 28.6 Å². The number of nitrogens with zero attached hydrogens (tertiary/aromatic N) is 1. The maximum absolute atomic E-state index is 14.2. The third kappa shape index (κ3) is 8.54. The second kappa shape index (κ2) is 15.1. The van der Waals surface area contributed by atoms with E-state index >= 15 is 0 Å². The molecule has 12 heteroatoms. The maximum atomic E-state index is 14.2. The van der Waals surface area contributed by atoms with Crippen molar-refractivity contribution in [1.82, 2.24) is 26.2 Å². The van der Waals surface area contributed by atoms with Crippen molar-refractivity contribution in [2.45, 2.75) is 111 Å². The van der Waals surface area contributed by atoms with Gasteiger partial charge in [0.05, 0.1) is 12.6 Å². The van der Waals surface area contributed by atoms with Gasteiger partial charge in [-0.1, -0.05) is 85.2 Å². The lowest BCUT2D eigenvalue weighted by Gasteiger charge is -2.38. The van der Waals surface area contributed by atoms with Crippen LogP contribution in [0.3, 0.4) is 0 Å². The highest BCUT2D eigenvalue weighted by Crippen LogP contribution is 2.65. The summed E-state index contributed by atoms with van der Waals surface area (Å²) in [7, 11) is 0. The number of Topliss-reactive ketones (excluding diaryl/α,β-unsaturated/α-hetero) is 1. The van der Waals surface area contributed by atoms with Crippen LogP contribution in [-0.2, 0) is 35.3 Å². The van der Waals surface area contributed by atoms with Crippen LogP contribution in [-0.4, -0.2) is 77.7 Å². The van der Waals surface area contributed by atoms with Gasteiger partial charge in [-0.05, 0) is 59.8 Å². The van der Waals surface area contributed by atoms with E-state index in [4.69, 9.17) is 4.74 Å². The molecule has 1 aromatic rings. The van der Waals surface area contributed by atoms with Gasteiger partial charge in [0.1, 0.15) is 18.2 Å². The van der Waals surface area contributed by atoms with E-state index in [9.17, 15) is 28.8 Å². The molecule has 2 aliphatic carbocycles. The molecule has 264 valence electrons. The van der Waals surface area contributed by atoms with Crippen molar-refractivity contribution in [2.75, 3.05) is 13.1 Å². The predicted molar refractivity (Wildman–Crippen MR) is 179 cm³/mol. The Kier molecular flexibility index (Phi) is 11.6. The molecule has 0 radical (unpaired) electrons. The number of ether oxygens (including phenoxy) is 1. The number of amides is 5. The summed E-state index contributed by atoms with van der Waals surface area (Å²) in [5.41, 5.74) is 0.00515. The van der Waals surface area contributed by atoms with E-state index in [-0.39, 0.29) is 48.1 Å². The first-order valence-electron chi connectivity index (χ1n) is 17.3. The zero-order chi connectivity index (χ0) is 35.4. The lowest BCUT2D eigenvalue weighted by molar-refractivity contribution is -0.145. The Balaban J connectivity index is 1.41. The number of ketones is 1. The molecule has 0 aromatic heterocycles. The summed E-state index contributed by atoms with van der Waals surface area (Å²) in [5, 5.41) is 10.6. The minimum atomic E-state index is -1.13. The molecule has 2 saturated carbocycles. The Bertz CT molecular complexity index is 1370. The lowest BCUT2D eigenvalue weighted by atomic mass is 9.85. The number of fused-ring (bicyclic) bond motifs is 1. The van der Waals surface area contributed by atoms with Gasteiger partial charge in [-0.2, -0.15) is 0 Å². The third-order valence-electron chi connectivity index (χ3n) is 10.4. The van der Waals surface area contributed by atoms with Gasteiger partial charge in [-0.25, -0.2) is 4.79 Å². The molecule has 7 atom stereocenters. The minimum Gasteiger partial charge on any atom is -0.446 e. The van der Waals surface area contributed by atoms with E-state index in [2.05, 4.69) is 35.1 Å². The summed E-state index contributed by atoms with van der Waals surface area (Å²) >= 11 is 0. The van der Waals surface area contributed by atoms with E-state index < -0.39 is 59.7 Å². The number of likely N-dealkylation sites (tertiary alicyclic amines) is 1. The second-order valence-electron chi connectivity index (χ2n) is 15.3. The molecule has 1 heterocycles. The molecule has 1 aromatic carbocycles. The number of nitrogens with one attached hydrogen (secondary N) is 4. The van der Waals surface area contributed by atoms with Crippen LogP contribution in [0.4, 0.5) is 4.79 Å². The SMILES string of the molecule is CCCC(NC(=O)C1C2C(CN1C(=O)[C@@H](NC(=O)OC1CCCC1C)C(C)(C)C)C2(C)C)C(=O)C(=O)NCC(=O)NCc1ccccc1. The smallest absolute Gasteiger partial charge is 0.408 e.